The Morgan fingerprint density at radius 1 is 0.931 bits per heavy atom. The van der Waals surface area contributed by atoms with Crippen molar-refractivity contribution in [3.63, 3.8) is 0 Å². The molecule has 0 aliphatic rings. The number of hydrogen-bond acceptors (Lipinski definition) is 5. The van der Waals surface area contributed by atoms with Gasteiger partial charge in [-0.05, 0) is 60.5 Å². The number of aryl methyl sites for hydroxylation is 1. The van der Waals surface area contributed by atoms with Crippen molar-refractivity contribution in [1.82, 2.24) is 0 Å². The van der Waals surface area contributed by atoms with Crippen LogP contribution in [0.2, 0.25) is 0 Å². The number of carbonyl (C=O) groups is 1. The second-order valence-corrected chi connectivity index (χ2v) is 6.66. The first kappa shape index (κ1) is 20.2. The molecule has 0 amide bonds. The fourth-order valence-corrected chi connectivity index (χ4v) is 2.62. The van der Waals surface area contributed by atoms with Crippen molar-refractivity contribution in [3.8, 4) is 5.75 Å². The number of anilines is 1. The average molecular weight is 391 g/mol. The van der Waals surface area contributed by atoms with Gasteiger partial charge in [0, 0.05) is 25.8 Å². The highest BCUT2D eigenvalue weighted by Crippen LogP contribution is 2.23. The van der Waals surface area contributed by atoms with Crippen LogP contribution in [-0.2, 0) is 6.42 Å². The molecule has 0 aliphatic carbocycles. The molecule has 3 aromatic carbocycles. The molecule has 0 spiro atoms. The standard InChI is InChI=1S/C23H22FN3O2/c1-4-16-5-12-20(13-6-16)29-23(28)21-14-9-18(15-22(21)24)26-25-17-7-10-19(11-8-17)27(2)3/h5-15H,4H2,1-3H3. The molecule has 29 heavy (non-hydrogen) atoms. The first-order chi connectivity index (χ1) is 14.0. The van der Waals surface area contributed by atoms with E-state index in [0.29, 0.717) is 17.1 Å². The van der Waals surface area contributed by atoms with Gasteiger partial charge in [-0.3, -0.25) is 0 Å². The number of ether oxygens (including phenoxy) is 1. The number of nitrogens with zero attached hydrogens (tertiary/aromatic N) is 3. The van der Waals surface area contributed by atoms with Gasteiger partial charge in [0.1, 0.15) is 11.6 Å². The normalized spacial score (nSPS) is 10.9. The van der Waals surface area contributed by atoms with E-state index in [0.717, 1.165) is 23.7 Å². The van der Waals surface area contributed by atoms with Gasteiger partial charge in [0.15, 0.2) is 0 Å². The molecule has 0 saturated heterocycles. The number of halogens is 1. The summed E-state index contributed by atoms with van der Waals surface area (Å²) in [5.41, 5.74) is 2.97. The zero-order chi connectivity index (χ0) is 20.8. The summed E-state index contributed by atoms with van der Waals surface area (Å²) in [6.07, 6.45) is 0.888. The summed E-state index contributed by atoms with van der Waals surface area (Å²) in [5.74, 6) is -1.09. The third kappa shape index (κ3) is 5.25. The van der Waals surface area contributed by atoms with Gasteiger partial charge in [0.2, 0.25) is 0 Å². The van der Waals surface area contributed by atoms with E-state index >= 15 is 0 Å². The molecule has 3 aromatic rings. The van der Waals surface area contributed by atoms with Gasteiger partial charge in [-0.25, -0.2) is 9.18 Å². The molecule has 0 aromatic heterocycles. The summed E-state index contributed by atoms with van der Waals surface area (Å²) in [7, 11) is 3.90. The zero-order valence-electron chi connectivity index (χ0n) is 16.6. The summed E-state index contributed by atoms with van der Waals surface area (Å²) < 4.78 is 19.6. The maximum absolute atomic E-state index is 14.4. The molecule has 0 radical (unpaired) electrons. The van der Waals surface area contributed by atoms with E-state index in [-0.39, 0.29) is 5.56 Å². The lowest BCUT2D eigenvalue weighted by Gasteiger charge is -2.11. The minimum absolute atomic E-state index is 0.154. The summed E-state index contributed by atoms with van der Waals surface area (Å²) in [6, 6.07) is 18.6. The minimum Gasteiger partial charge on any atom is -0.423 e. The van der Waals surface area contributed by atoms with E-state index in [1.54, 1.807) is 12.1 Å². The summed E-state index contributed by atoms with van der Waals surface area (Å²) in [6.45, 7) is 2.04. The first-order valence-electron chi connectivity index (χ1n) is 9.26. The predicted octanol–water partition coefficient (Wildman–Crippen LogP) is 6.09. The van der Waals surface area contributed by atoms with Crippen molar-refractivity contribution >= 4 is 23.0 Å². The lowest BCUT2D eigenvalue weighted by Crippen LogP contribution is -2.10. The molecule has 0 aliphatic heterocycles. The van der Waals surface area contributed by atoms with Crippen LogP contribution in [0.5, 0.6) is 5.75 Å². The topological polar surface area (TPSA) is 54.3 Å². The van der Waals surface area contributed by atoms with Crippen molar-refractivity contribution in [2.24, 2.45) is 10.2 Å². The van der Waals surface area contributed by atoms with Crippen molar-refractivity contribution < 1.29 is 13.9 Å². The molecule has 0 fully saturated rings. The Kier molecular flexibility index (Phi) is 6.34. The Bertz CT molecular complexity index is 1010. The van der Waals surface area contributed by atoms with Crippen molar-refractivity contribution in [2.75, 3.05) is 19.0 Å². The Hall–Kier alpha value is -3.54. The monoisotopic (exact) mass is 391 g/mol. The molecule has 0 unspecified atom stereocenters. The number of azo groups is 1. The number of rotatable bonds is 6. The zero-order valence-corrected chi connectivity index (χ0v) is 16.6. The quantitative estimate of drug-likeness (QED) is 0.290. The fourth-order valence-electron chi connectivity index (χ4n) is 2.62. The average Bonchev–Trinajstić information content (AvgIpc) is 2.73. The highest BCUT2D eigenvalue weighted by Gasteiger charge is 2.15. The van der Waals surface area contributed by atoms with Gasteiger partial charge in [-0.2, -0.15) is 10.2 Å². The molecular weight excluding hydrogens is 369 g/mol. The summed E-state index contributed by atoms with van der Waals surface area (Å²) in [4.78, 5) is 14.2. The molecule has 0 bridgehead atoms. The van der Waals surface area contributed by atoms with E-state index in [4.69, 9.17) is 4.74 Å². The minimum atomic E-state index is -0.755. The first-order valence-corrected chi connectivity index (χ1v) is 9.26. The Balaban J connectivity index is 1.69. The Morgan fingerprint density at radius 3 is 2.14 bits per heavy atom. The largest absolute Gasteiger partial charge is 0.423 e. The maximum Gasteiger partial charge on any atom is 0.346 e. The molecule has 3 rings (SSSR count). The van der Waals surface area contributed by atoms with Crippen LogP contribution >= 0.6 is 0 Å². The number of hydrogen-bond donors (Lipinski definition) is 0. The smallest absolute Gasteiger partial charge is 0.346 e. The maximum atomic E-state index is 14.4. The SMILES string of the molecule is CCc1ccc(OC(=O)c2ccc(N=Nc3ccc(N(C)C)cc3)cc2F)cc1. The lowest BCUT2D eigenvalue weighted by atomic mass is 10.1. The van der Waals surface area contributed by atoms with Gasteiger partial charge in [-0.15, -0.1) is 0 Å². The summed E-state index contributed by atoms with van der Waals surface area (Å²) in [5, 5.41) is 8.13. The molecule has 5 nitrogen and oxygen atoms in total. The fraction of sp³-hybridized carbons (Fsp3) is 0.174. The van der Waals surface area contributed by atoms with E-state index in [9.17, 15) is 9.18 Å². The van der Waals surface area contributed by atoms with Crippen molar-refractivity contribution in [3.05, 3.63) is 83.7 Å². The van der Waals surface area contributed by atoms with Crippen molar-refractivity contribution in [2.45, 2.75) is 13.3 Å². The second-order valence-electron chi connectivity index (χ2n) is 6.66. The van der Waals surface area contributed by atoms with Gasteiger partial charge in [-0.1, -0.05) is 19.1 Å². The van der Waals surface area contributed by atoms with Crippen LogP contribution in [0.4, 0.5) is 21.5 Å². The third-order valence-corrected chi connectivity index (χ3v) is 4.36. The predicted molar refractivity (Wildman–Crippen MR) is 112 cm³/mol. The van der Waals surface area contributed by atoms with Gasteiger partial charge in [0.05, 0.1) is 16.9 Å². The molecule has 0 N–H and O–H groups in total. The number of carbonyl (C=O) groups excluding carboxylic acids is 1. The molecular formula is C23H22FN3O2. The van der Waals surface area contributed by atoms with Gasteiger partial charge >= 0.3 is 5.97 Å². The highest BCUT2D eigenvalue weighted by atomic mass is 19.1. The van der Waals surface area contributed by atoms with Crippen LogP contribution < -0.4 is 9.64 Å². The third-order valence-electron chi connectivity index (χ3n) is 4.36. The molecule has 148 valence electrons. The van der Waals surface area contributed by atoms with E-state index in [2.05, 4.69) is 10.2 Å². The number of benzene rings is 3. The molecule has 0 atom stereocenters. The van der Waals surface area contributed by atoms with E-state index in [1.807, 2.05) is 62.3 Å². The van der Waals surface area contributed by atoms with Gasteiger partial charge in [0.25, 0.3) is 0 Å². The highest BCUT2D eigenvalue weighted by molar-refractivity contribution is 5.91. The lowest BCUT2D eigenvalue weighted by molar-refractivity contribution is 0.0730. The Labute approximate surface area is 169 Å². The molecule has 6 heteroatoms. The van der Waals surface area contributed by atoms with E-state index < -0.39 is 11.8 Å². The number of esters is 1. The van der Waals surface area contributed by atoms with Crippen LogP contribution in [0, 0.1) is 5.82 Å². The van der Waals surface area contributed by atoms with Crippen LogP contribution in [0.15, 0.2) is 77.0 Å². The van der Waals surface area contributed by atoms with Crippen LogP contribution in [0.1, 0.15) is 22.8 Å². The molecule has 0 saturated carbocycles. The molecule has 0 heterocycles. The van der Waals surface area contributed by atoms with Crippen LogP contribution in [0.3, 0.4) is 0 Å². The van der Waals surface area contributed by atoms with E-state index in [1.165, 1.54) is 12.1 Å². The van der Waals surface area contributed by atoms with Gasteiger partial charge < -0.3 is 9.64 Å². The van der Waals surface area contributed by atoms with Crippen molar-refractivity contribution in [1.29, 1.82) is 0 Å². The second kappa shape index (κ2) is 9.10. The van der Waals surface area contributed by atoms with Crippen LogP contribution in [-0.4, -0.2) is 20.1 Å². The summed E-state index contributed by atoms with van der Waals surface area (Å²) >= 11 is 0. The van der Waals surface area contributed by atoms with Crippen LogP contribution in [0.25, 0.3) is 0 Å². The Morgan fingerprint density at radius 2 is 1.55 bits per heavy atom.